The van der Waals surface area contributed by atoms with Crippen LogP contribution in [0.2, 0.25) is 0 Å². The Bertz CT molecular complexity index is 1210. The summed E-state index contributed by atoms with van der Waals surface area (Å²) < 4.78 is 44.8. The maximum absolute atomic E-state index is 13.6. The van der Waals surface area contributed by atoms with Gasteiger partial charge in [0.25, 0.3) is 0 Å². The lowest BCUT2D eigenvalue weighted by Crippen LogP contribution is -2.41. The molecular formula is C24H21BF2N2O3. The number of hydrogen-bond donors (Lipinski definition) is 0. The molecule has 4 rings (SSSR count). The molecule has 0 N–H and O–H groups in total. The summed E-state index contributed by atoms with van der Waals surface area (Å²) in [6, 6.07) is 12.5. The molecular weight excluding hydrogens is 413 g/mol. The molecule has 3 aromatic rings. The molecule has 0 saturated carbocycles. The van der Waals surface area contributed by atoms with Crippen LogP contribution in [0.15, 0.2) is 54.9 Å². The summed E-state index contributed by atoms with van der Waals surface area (Å²) in [7, 11) is -0.665. The first kappa shape index (κ1) is 21.9. The third kappa shape index (κ3) is 4.09. The van der Waals surface area contributed by atoms with E-state index in [-0.39, 0.29) is 0 Å². The van der Waals surface area contributed by atoms with Gasteiger partial charge in [-0.25, -0.2) is 8.78 Å². The van der Waals surface area contributed by atoms with Gasteiger partial charge < -0.3 is 14.0 Å². The van der Waals surface area contributed by atoms with Crippen LogP contribution in [0.25, 0.3) is 11.1 Å². The van der Waals surface area contributed by atoms with Crippen LogP contribution in [0.4, 0.5) is 8.78 Å². The minimum atomic E-state index is -0.939. The quantitative estimate of drug-likeness (QED) is 0.542. The van der Waals surface area contributed by atoms with Crippen molar-refractivity contribution in [3.05, 3.63) is 72.1 Å². The van der Waals surface area contributed by atoms with Crippen molar-refractivity contribution in [2.75, 3.05) is 0 Å². The lowest BCUT2D eigenvalue weighted by molar-refractivity contribution is 0.00578. The van der Waals surface area contributed by atoms with Crippen LogP contribution >= 0.6 is 0 Å². The summed E-state index contributed by atoms with van der Waals surface area (Å²) >= 11 is 0. The molecule has 0 unspecified atom stereocenters. The summed E-state index contributed by atoms with van der Waals surface area (Å²) in [5.41, 5.74) is 0.973. The smallest absolute Gasteiger partial charge is 0.456 e. The van der Waals surface area contributed by atoms with Crippen LogP contribution in [0.5, 0.6) is 11.5 Å². The van der Waals surface area contributed by atoms with Gasteiger partial charge in [0.1, 0.15) is 11.5 Å². The van der Waals surface area contributed by atoms with Crippen LogP contribution in [-0.4, -0.2) is 23.3 Å². The Hall–Kier alpha value is -3.28. The topological polar surface area (TPSA) is 64.4 Å². The average molecular weight is 434 g/mol. The van der Waals surface area contributed by atoms with Crippen molar-refractivity contribution in [1.29, 1.82) is 5.26 Å². The Morgan fingerprint density at radius 1 is 0.875 bits per heavy atom. The molecule has 32 heavy (non-hydrogen) atoms. The summed E-state index contributed by atoms with van der Waals surface area (Å²) in [6.07, 6.45) is 3.03. The van der Waals surface area contributed by atoms with E-state index in [1.807, 2.05) is 27.7 Å². The third-order valence-corrected chi connectivity index (χ3v) is 5.85. The fourth-order valence-corrected chi connectivity index (χ4v) is 3.32. The molecule has 0 atom stereocenters. The molecule has 0 amide bonds. The number of rotatable bonds is 4. The van der Waals surface area contributed by atoms with Gasteiger partial charge in [0, 0.05) is 17.2 Å². The Morgan fingerprint density at radius 3 is 2.25 bits per heavy atom. The van der Waals surface area contributed by atoms with Gasteiger partial charge in [0.05, 0.1) is 29.0 Å². The normalized spacial score (nSPS) is 16.6. The first-order valence-corrected chi connectivity index (χ1v) is 10.1. The Morgan fingerprint density at radius 2 is 1.59 bits per heavy atom. The van der Waals surface area contributed by atoms with Gasteiger partial charge in [0.15, 0.2) is 11.6 Å². The number of hydrogen-bond acceptors (Lipinski definition) is 5. The van der Waals surface area contributed by atoms with Crippen molar-refractivity contribution in [3.63, 3.8) is 0 Å². The van der Waals surface area contributed by atoms with Crippen LogP contribution < -0.4 is 10.2 Å². The number of halogens is 2. The minimum Gasteiger partial charge on any atom is -0.456 e. The molecule has 5 nitrogen and oxygen atoms in total. The van der Waals surface area contributed by atoms with Crippen molar-refractivity contribution in [1.82, 2.24) is 4.98 Å². The van der Waals surface area contributed by atoms with Gasteiger partial charge in [-0.1, -0.05) is 12.1 Å². The molecule has 0 radical (unpaired) electrons. The monoisotopic (exact) mass is 434 g/mol. The predicted octanol–water partition coefficient (Wildman–Crippen LogP) is 4.99. The molecule has 1 aliphatic rings. The largest absolute Gasteiger partial charge is 0.496 e. The van der Waals surface area contributed by atoms with Gasteiger partial charge in [-0.2, -0.15) is 5.26 Å². The van der Waals surface area contributed by atoms with Gasteiger partial charge in [0.2, 0.25) is 0 Å². The molecule has 162 valence electrons. The van der Waals surface area contributed by atoms with E-state index >= 15 is 0 Å². The number of pyridine rings is 1. The highest BCUT2D eigenvalue weighted by molar-refractivity contribution is 6.62. The lowest BCUT2D eigenvalue weighted by atomic mass is 9.76. The highest BCUT2D eigenvalue weighted by atomic mass is 19.2. The number of nitriles is 1. The second-order valence-electron chi connectivity index (χ2n) is 8.59. The van der Waals surface area contributed by atoms with Crippen LogP contribution in [-0.2, 0) is 9.31 Å². The second kappa shape index (κ2) is 8.01. The Kier molecular flexibility index (Phi) is 5.49. The van der Waals surface area contributed by atoms with Crippen LogP contribution in [0.3, 0.4) is 0 Å². The van der Waals surface area contributed by atoms with Crippen molar-refractivity contribution in [2.24, 2.45) is 0 Å². The van der Waals surface area contributed by atoms with Gasteiger partial charge in [-0.05, 0) is 63.6 Å². The molecule has 0 spiro atoms. The van der Waals surface area contributed by atoms with Crippen LogP contribution in [0.1, 0.15) is 33.3 Å². The maximum atomic E-state index is 13.6. The number of aromatic nitrogens is 1. The average Bonchev–Trinajstić information content (AvgIpc) is 2.97. The maximum Gasteiger partial charge on any atom is 0.496 e. The van der Waals surface area contributed by atoms with E-state index in [4.69, 9.17) is 14.0 Å². The van der Waals surface area contributed by atoms with Gasteiger partial charge >= 0.3 is 7.12 Å². The molecule has 1 fully saturated rings. The molecule has 0 aliphatic carbocycles. The zero-order valence-corrected chi connectivity index (χ0v) is 18.1. The Labute approximate surface area is 185 Å². The molecule has 2 aromatic carbocycles. The highest BCUT2D eigenvalue weighted by Crippen LogP contribution is 2.37. The van der Waals surface area contributed by atoms with Gasteiger partial charge in [-0.15, -0.1) is 0 Å². The van der Waals surface area contributed by atoms with E-state index in [9.17, 15) is 14.0 Å². The fraction of sp³-hybridized carbons (Fsp3) is 0.250. The summed E-state index contributed by atoms with van der Waals surface area (Å²) in [5, 5.41) is 9.68. The lowest BCUT2D eigenvalue weighted by Gasteiger charge is -2.32. The Balaban J connectivity index is 1.58. The highest BCUT2D eigenvalue weighted by Gasteiger charge is 2.52. The summed E-state index contributed by atoms with van der Waals surface area (Å²) in [5.74, 6) is -1.04. The van der Waals surface area contributed by atoms with E-state index in [2.05, 4.69) is 11.1 Å². The molecule has 8 heteroatoms. The van der Waals surface area contributed by atoms with E-state index < -0.39 is 30.0 Å². The predicted molar refractivity (Wildman–Crippen MR) is 117 cm³/mol. The standard InChI is InChI=1S/C24H21BF2N2O3/c1-23(2)24(3,4)32-25(31-23)20-7-6-18(9-16(20)12-28)30-19-10-17(13-29-14-19)15-5-8-21(26)22(27)11-15/h5-11,13-14H,1-4H3. The van der Waals surface area contributed by atoms with E-state index in [0.717, 1.165) is 12.1 Å². The van der Waals surface area contributed by atoms with Crippen molar-refractivity contribution < 1.29 is 22.8 Å². The van der Waals surface area contributed by atoms with Crippen LogP contribution in [0, 0.1) is 23.0 Å². The molecule has 2 heterocycles. The first-order chi connectivity index (χ1) is 15.1. The third-order valence-electron chi connectivity index (χ3n) is 5.85. The molecule has 1 aliphatic heterocycles. The van der Waals surface area contributed by atoms with E-state index in [1.54, 1.807) is 24.3 Å². The molecule has 1 aromatic heterocycles. The SMILES string of the molecule is CC1(C)OB(c2ccc(Oc3cncc(-c4ccc(F)c(F)c4)c3)cc2C#N)OC1(C)C. The van der Waals surface area contributed by atoms with Crippen molar-refractivity contribution >= 4 is 12.6 Å². The summed E-state index contributed by atoms with van der Waals surface area (Å²) in [4.78, 5) is 4.12. The first-order valence-electron chi connectivity index (χ1n) is 10.1. The second-order valence-corrected chi connectivity index (χ2v) is 8.59. The number of benzene rings is 2. The van der Waals surface area contributed by atoms with Gasteiger partial charge in [-0.3, -0.25) is 4.98 Å². The molecule has 0 bridgehead atoms. The van der Waals surface area contributed by atoms with Crippen molar-refractivity contribution in [2.45, 2.75) is 38.9 Å². The van der Waals surface area contributed by atoms with E-state index in [1.165, 1.54) is 18.5 Å². The number of ether oxygens (including phenoxy) is 1. The zero-order valence-electron chi connectivity index (χ0n) is 18.1. The zero-order chi connectivity index (χ0) is 23.1. The van der Waals surface area contributed by atoms with Crippen molar-refractivity contribution in [3.8, 4) is 28.7 Å². The minimum absolute atomic E-state index is 0.366. The molecule has 1 saturated heterocycles. The number of nitrogens with zero attached hydrogens (tertiary/aromatic N) is 2. The van der Waals surface area contributed by atoms with E-state index in [0.29, 0.717) is 33.7 Å². The summed E-state index contributed by atoms with van der Waals surface area (Å²) in [6.45, 7) is 7.79. The fourth-order valence-electron chi connectivity index (χ4n) is 3.32.